The summed E-state index contributed by atoms with van der Waals surface area (Å²) in [6, 6.07) is 9.44. The van der Waals surface area contributed by atoms with Gasteiger partial charge in [-0.3, -0.25) is 14.9 Å². The molecule has 0 aliphatic heterocycles. The number of nitrogen functional groups attached to an aromatic ring is 1. The summed E-state index contributed by atoms with van der Waals surface area (Å²) in [5.41, 5.74) is 4.31. The molecule has 2 aromatic carbocycles. The van der Waals surface area contributed by atoms with E-state index < -0.39 is 36.5 Å². The second-order valence-corrected chi connectivity index (χ2v) is 15.6. The van der Waals surface area contributed by atoms with Gasteiger partial charge < -0.3 is 15.0 Å². The fourth-order valence-electron chi connectivity index (χ4n) is 5.94. The maximum Gasteiger partial charge on any atom is 0.316 e. The Hall–Kier alpha value is -3.64. The van der Waals surface area contributed by atoms with Crippen LogP contribution in [-0.4, -0.2) is 24.6 Å². The normalized spacial score (nSPS) is 12.0. The van der Waals surface area contributed by atoms with Crippen molar-refractivity contribution in [3.63, 3.8) is 0 Å². The van der Waals surface area contributed by atoms with E-state index in [0.29, 0.717) is 17.9 Å². The molecule has 0 saturated carbocycles. The third-order valence-corrected chi connectivity index (χ3v) is 10.3. The number of rotatable bonds is 22. The fourth-order valence-corrected chi connectivity index (χ4v) is 7.42. The number of hydrogen-bond acceptors (Lipinski definition) is 8. The summed E-state index contributed by atoms with van der Waals surface area (Å²) in [5.74, 6) is 0.740. The number of hydrogen-bond donors (Lipinski definition) is 2. The Morgan fingerprint density at radius 1 is 0.878 bits per heavy atom. The van der Waals surface area contributed by atoms with E-state index in [0.717, 1.165) is 24.0 Å². The Bertz CT molecular complexity index is 1660. The van der Waals surface area contributed by atoms with Crippen molar-refractivity contribution in [1.29, 1.82) is 0 Å². The quantitative estimate of drug-likeness (QED) is 0.0455. The van der Waals surface area contributed by atoms with Gasteiger partial charge in [-0.05, 0) is 49.2 Å². The van der Waals surface area contributed by atoms with Crippen LogP contribution in [0.1, 0.15) is 134 Å². The van der Waals surface area contributed by atoms with Crippen LogP contribution in [0.4, 0.5) is 11.4 Å². The lowest BCUT2D eigenvalue weighted by Gasteiger charge is -2.16. The number of aryl methyl sites for hydroxylation is 1. The Morgan fingerprint density at radius 3 is 1.92 bits per heavy atom. The molecule has 0 amide bonds. The molecule has 0 bridgehead atoms. The molecule has 0 spiro atoms. The van der Waals surface area contributed by atoms with Crippen LogP contribution >= 0.6 is 0 Å². The van der Waals surface area contributed by atoms with Gasteiger partial charge in [0, 0.05) is 17.6 Å². The molecule has 1 heterocycles. The molecule has 3 aromatic rings. The number of nitro groups is 1. The SMILES string of the molecule is CCCCCCCCCCCCCCCCNS(=O)(=O)c1c(C)ccc(-n2oc(C(C)(C)C)c(COc3ccc(N)cc3)c2=O)c1[N+](=O)[O-]. The maximum absolute atomic E-state index is 13.7. The van der Waals surface area contributed by atoms with Gasteiger partial charge in [-0.1, -0.05) is 117 Å². The molecule has 0 saturated heterocycles. The first kappa shape index (κ1) is 39.8. The monoisotopic (exact) mass is 700 g/mol. The molecule has 12 heteroatoms. The number of anilines is 1. The van der Waals surface area contributed by atoms with Crippen molar-refractivity contribution in [2.45, 2.75) is 141 Å². The second kappa shape index (κ2) is 18.9. The predicted octanol–water partition coefficient (Wildman–Crippen LogP) is 8.87. The summed E-state index contributed by atoms with van der Waals surface area (Å²) in [7, 11) is -4.29. The highest BCUT2D eigenvalue weighted by molar-refractivity contribution is 7.89. The van der Waals surface area contributed by atoms with Gasteiger partial charge in [-0.15, -0.1) is 4.74 Å². The number of aromatic nitrogens is 1. The van der Waals surface area contributed by atoms with Crippen LogP contribution < -0.4 is 20.8 Å². The van der Waals surface area contributed by atoms with E-state index in [1.165, 1.54) is 83.3 Å². The van der Waals surface area contributed by atoms with Crippen LogP contribution in [0.5, 0.6) is 5.75 Å². The van der Waals surface area contributed by atoms with Crippen LogP contribution in [0.2, 0.25) is 0 Å². The van der Waals surface area contributed by atoms with Gasteiger partial charge in [-0.25, -0.2) is 13.1 Å². The topological polar surface area (TPSA) is 160 Å². The van der Waals surface area contributed by atoms with Gasteiger partial charge in [0.25, 0.3) is 5.56 Å². The second-order valence-electron chi connectivity index (χ2n) is 13.9. The molecule has 49 heavy (non-hydrogen) atoms. The molecule has 11 nitrogen and oxygen atoms in total. The number of benzene rings is 2. The summed E-state index contributed by atoms with van der Waals surface area (Å²) < 4.78 is 42.2. The van der Waals surface area contributed by atoms with Gasteiger partial charge >= 0.3 is 5.69 Å². The minimum atomic E-state index is -4.29. The van der Waals surface area contributed by atoms with Crippen molar-refractivity contribution in [1.82, 2.24) is 9.46 Å². The van der Waals surface area contributed by atoms with E-state index >= 15 is 0 Å². The third kappa shape index (κ3) is 11.7. The van der Waals surface area contributed by atoms with Gasteiger partial charge in [0.2, 0.25) is 10.0 Å². The zero-order valence-corrected chi connectivity index (χ0v) is 30.8. The molecule has 3 N–H and O–H groups in total. The van der Waals surface area contributed by atoms with Crippen LogP contribution in [0, 0.1) is 17.0 Å². The predicted molar refractivity (Wildman–Crippen MR) is 195 cm³/mol. The lowest BCUT2D eigenvalue weighted by Crippen LogP contribution is -2.27. The van der Waals surface area contributed by atoms with Crippen LogP contribution in [0.25, 0.3) is 5.69 Å². The fraction of sp³-hybridized carbons (Fsp3) is 0.595. The van der Waals surface area contributed by atoms with E-state index in [4.69, 9.17) is 15.0 Å². The van der Waals surface area contributed by atoms with Gasteiger partial charge in [0.1, 0.15) is 12.4 Å². The van der Waals surface area contributed by atoms with Crippen LogP contribution in [-0.2, 0) is 22.0 Å². The third-order valence-electron chi connectivity index (χ3n) is 8.64. The van der Waals surface area contributed by atoms with Crippen molar-refractivity contribution in [2.75, 3.05) is 12.3 Å². The molecule has 0 radical (unpaired) electrons. The van der Waals surface area contributed by atoms with E-state index in [1.807, 2.05) is 20.8 Å². The van der Waals surface area contributed by atoms with Gasteiger partial charge in [0.15, 0.2) is 16.3 Å². The zero-order chi connectivity index (χ0) is 36.0. The molecule has 0 fully saturated rings. The summed E-state index contributed by atoms with van der Waals surface area (Å²) >= 11 is 0. The number of nitro benzene ring substituents is 1. The highest BCUT2D eigenvalue weighted by Crippen LogP contribution is 2.35. The standard InChI is InChI=1S/C37H56N4O7S/c1-6-7-8-9-10-11-12-13-14-15-16-17-18-19-26-39-49(45,46)34-28(2)20-25-32(33(34)41(43)44)40-36(42)31(35(48-40)37(3,4)5)27-47-30-23-21-29(38)22-24-30/h20-25,39H,6-19,26-27,38H2,1-5H3. The number of nitrogens with zero attached hydrogens (tertiary/aromatic N) is 2. The molecule has 0 unspecified atom stereocenters. The average Bonchev–Trinajstić information content (AvgIpc) is 3.38. The van der Waals surface area contributed by atoms with E-state index in [9.17, 15) is 23.3 Å². The van der Waals surface area contributed by atoms with E-state index in [1.54, 1.807) is 24.3 Å². The molecule has 0 atom stereocenters. The molecule has 272 valence electrons. The Morgan fingerprint density at radius 2 is 1.41 bits per heavy atom. The Balaban J connectivity index is 1.67. The largest absolute Gasteiger partial charge is 0.489 e. The number of sulfonamides is 1. The van der Waals surface area contributed by atoms with Crippen molar-refractivity contribution in [2.24, 2.45) is 0 Å². The first-order chi connectivity index (χ1) is 23.3. The number of ether oxygens (including phenoxy) is 1. The molecule has 0 aliphatic carbocycles. The maximum atomic E-state index is 13.7. The average molecular weight is 701 g/mol. The van der Waals surface area contributed by atoms with Crippen molar-refractivity contribution in [3.8, 4) is 11.4 Å². The molecular weight excluding hydrogens is 644 g/mol. The zero-order valence-electron chi connectivity index (χ0n) is 30.0. The minimum Gasteiger partial charge on any atom is -0.489 e. The summed E-state index contributed by atoms with van der Waals surface area (Å²) in [4.78, 5) is 25.0. The first-order valence-corrected chi connectivity index (χ1v) is 19.3. The van der Waals surface area contributed by atoms with E-state index in [2.05, 4.69) is 11.6 Å². The van der Waals surface area contributed by atoms with Crippen molar-refractivity contribution < 1.29 is 22.6 Å². The molecule has 3 rings (SSSR count). The smallest absolute Gasteiger partial charge is 0.316 e. The minimum absolute atomic E-state index is 0.155. The summed E-state index contributed by atoms with van der Waals surface area (Å²) in [6.45, 7) is 9.23. The van der Waals surface area contributed by atoms with Gasteiger partial charge in [0.05, 0.1) is 10.5 Å². The number of nitrogens with one attached hydrogen (secondary N) is 1. The number of unbranched alkanes of at least 4 members (excludes halogenated alkanes) is 13. The highest BCUT2D eigenvalue weighted by atomic mass is 32.2. The first-order valence-electron chi connectivity index (χ1n) is 17.8. The molecular formula is C37H56N4O7S. The van der Waals surface area contributed by atoms with Gasteiger partial charge in [-0.2, -0.15) is 0 Å². The lowest BCUT2D eigenvalue weighted by molar-refractivity contribution is -0.387. The van der Waals surface area contributed by atoms with Crippen LogP contribution in [0.3, 0.4) is 0 Å². The summed E-state index contributed by atoms with van der Waals surface area (Å²) in [6.07, 6.45) is 16.6. The Labute approximate surface area is 291 Å². The van der Waals surface area contributed by atoms with E-state index in [-0.39, 0.29) is 35.7 Å². The lowest BCUT2D eigenvalue weighted by atomic mass is 9.91. The molecule has 0 aliphatic rings. The van der Waals surface area contributed by atoms with Crippen molar-refractivity contribution in [3.05, 3.63) is 73.8 Å². The number of nitrogens with two attached hydrogens (primary N) is 1. The van der Waals surface area contributed by atoms with Crippen molar-refractivity contribution >= 4 is 21.4 Å². The highest BCUT2D eigenvalue weighted by Gasteiger charge is 2.35. The Kier molecular flexibility index (Phi) is 15.4. The summed E-state index contributed by atoms with van der Waals surface area (Å²) in [5, 5.41) is 12.5. The molecule has 1 aromatic heterocycles. The van der Waals surface area contributed by atoms with Crippen LogP contribution in [0.15, 0.2) is 50.6 Å².